The zero-order chi connectivity index (χ0) is 42.5. The van der Waals surface area contributed by atoms with Gasteiger partial charge in [0.05, 0.1) is 25.4 Å². The lowest BCUT2D eigenvalue weighted by Gasteiger charge is -2.40. The van der Waals surface area contributed by atoms with E-state index in [4.69, 9.17) is 9.47 Å². The van der Waals surface area contributed by atoms with Gasteiger partial charge in [-0.25, -0.2) is 0 Å². The van der Waals surface area contributed by atoms with Crippen LogP contribution in [-0.2, 0) is 14.3 Å². The van der Waals surface area contributed by atoms with Gasteiger partial charge in [0.15, 0.2) is 6.29 Å². The largest absolute Gasteiger partial charge is 0.394 e. The van der Waals surface area contributed by atoms with Gasteiger partial charge in [-0.3, -0.25) is 4.79 Å². The van der Waals surface area contributed by atoms with Crippen LogP contribution < -0.4 is 5.32 Å². The van der Waals surface area contributed by atoms with Gasteiger partial charge >= 0.3 is 0 Å². The number of unbranched alkanes of at least 4 members (excludes halogenated alkanes) is 25. The highest BCUT2D eigenvalue weighted by atomic mass is 16.7. The summed E-state index contributed by atoms with van der Waals surface area (Å²) in [5.74, 6) is -0.260. The number of aliphatic hydroxyl groups is 6. The highest BCUT2D eigenvalue weighted by Crippen LogP contribution is 2.23. The molecule has 58 heavy (non-hydrogen) atoms. The molecule has 1 rings (SSSR count). The Morgan fingerprint density at radius 1 is 0.603 bits per heavy atom. The first-order valence-corrected chi connectivity index (χ1v) is 24.1. The number of hydrogen-bond acceptors (Lipinski definition) is 9. The van der Waals surface area contributed by atoms with Crippen molar-refractivity contribution in [3.05, 3.63) is 24.3 Å². The monoisotopic (exact) mass is 826 g/mol. The summed E-state index contributed by atoms with van der Waals surface area (Å²) < 4.78 is 11.2. The van der Waals surface area contributed by atoms with E-state index in [0.29, 0.717) is 12.8 Å². The standard InChI is InChI=1S/C48H91NO9/c1-3-5-7-9-11-13-15-17-18-19-20-21-22-23-24-25-27-29-31-33-35-37-43(52)49-40(39-57-48-47(56)46(55)45(54)42(38-50)58-48)44(53)41(51)36-34-32-30-28-26-16-14-12-10-8-6-4-2/h11,13,17-18,40-42,44-48,50-51,53-56H,3-10,12,14-16,19-39H2,1-2H3,(H,49,52)/b13-11-,18-17-/t40-,41+,42?,44-,45?,46?,47?,48?/m0/s1. The van der Waals surface area contributed by atoms with Crippen molar-refractivity contribution in [2.45, 2.75) is 262 Å². The third-order valence-electron chi connectivity index (χ3n) is 11.6. The first-order chi connectivity index (χ1) is 28.3. The topological polar surface area (TPSA) is 169 Å². The molecule has 7 N–H and O–H groups in total. The summed E-state index contributed by atoms with van der Waals surface area (Å²) in [6.07, 6.45) is 34.7. The molecule has 1 saturated heterocycles. The van der Waals surface area contributed by atoms with Gasteiger partial charge in [-0.2, -0.15) is 0 Å². The Labute approximate surface area is 354 Å². The first kappa shape index (κ1) is 54.6. The van der Waals surface area contributed by atoms with Crippen molar-refractivity contribution >= 4 is 5.91 Å². The van der Waals surface area contributed by atoms with Gasteiger partial charge in [-0.15, -0.1) is 0 Å². The molecule has 1 fully saturated rings. The predicted molar refractivity (Wildman–Crippen MR) is 236 cm³/mol. The zero-order valence-electron chi connectivity index (χ0n) is 37.2. The number of rotatable bonds is 40. The molecule has 0 aromatic heterocycles. The summed E-state index contributed by atoms with van der Waals surface area (Å²) in [6.45, 7) is 3.58. The Morgan fingerprint density at radius 3 is 1.57 bits per heavy atom. The SMILES string of the molecule is CCCCC/C=C\C/C=C\CCCCCCCCCCCCCC(=O)N[C@@H](COC1OC(CO)C(O)C(O)C1O)[C@H](O)[C@H](O)CCCCCCCCCCCCCC. The molecule has 1 aliphatic heterocycles. The molecule has 10 heteroatoms. The number of hydrogen-bond donors (Lipinski definition) is 7. The molecule has 0 aliphatic carbocycles. The molecule has 0 bridgehead atoms. The summed E-state index contributed by atoms with van der Waals surface area (Å²) in [5, 5.41) is 65.2. The quantitative estimate of drug-likeness (QED) is 0.0235. The van der Waals surface area contributed by atoms with Gasteiger partial charge in [-0.1, -0.05) is 186 Å². The third kappa shape index (κ3) is 28.2. The summed E-state index contributed by atoms with van der Waals surface area (Å²) >= 11 is 0. The van der Waals surface area contributed by atoms with Crippen molar-refractivity contribution in [1.82, 2.24) is 5.32 Å². The van der Waals surface area contributed by atoms with Gasteiger partial charge in [0, 0.05) is 6.42 Å². The molecular weight excluding hydrogens is 735 g/mol. The molecule has 5 unspecified atom stereocenters. The van der Waals surface area contributed by atoms with E-state index in [9.17, 15) is 35.4 Å². The predicted octanol–water partition coefficient (Wildman–Crippen LogP) is 9.25. The van der Waals surface area contributed by atoms with Crippen LogP contribution in [0.25, 0.3) is 0 Å². The van der Waals surface area contributed by atoms with E-state index in [1.54, 1.807) is 0 Å². The van der Waals surface area contributed by atoms with E-state index in [2.05, 4.69) is 43.5 Å². The zero-order valence-corrected chi connectivity index (χ0v) is 37.2. The molecule has 8 atom stereocenters. The Balaban J connectivity index is 2.33. The van der Waals surface area contributed by atoms with Gasteiger partial charge < -0.3 is 45.4 Å². The van der Waals surface area contributed by atoms with Crippen molar-refractivity contribution in [3.63, 3.8) is 0 Å². The van der Waals surface area contributed by atoms with Crippen molar-refractivity contribution < 1.29 is 44.9 Å². The molecular formula is C48H91NO9. The summed E-state index contributed by atoms with van der Waals surface area (Å²) in [7, 11) is 0. The molecule has 1 aliphatic rings. The van der Waals surface area contributed by atoms with Gasteiger partial charge in [0.25, 0.3) is 0 Å². The molecule has 0 aromatic rings. The lowest BCUT2D eigenvalue weighted by Crippen LogP contribution is -2.60. The second-order valence-electron chi connectivity index (χ2n) is 17.0. The third-order valence-corrected chi connectivity index (χ3v) is 11.6. The molecule has 0 saturated carbocycles. The summed E-state index contributed by atoms with van der Waals surface area (Å²) in [6, 6.07) is -0.990. The van der Waals surface area contributed by atoms with Crippen molar-refractivity contribution in [3.8, 4) is 0 Å². The number of aliphatic hydroxyl groups excluding tert-OH is 6. The first-order valence-electron chi connectivity index (χ1n) is 24.1. The average Bonchev–Trinajstić information content (AvgIpc) is 3.22. The number of ether oxygens (including phenoxy) is 2. The second kappa shape index (κ2) is 38.5. The Morgan fingerprint density at radius 2 is 1.05 bits per heavy atom. The lowest BCUT2D eigenvalue weighted by molar-refractivity contribution is -0.303. The van der Waals surface area contributed by atoms with Crippen LogP contribution in [0.3, 0.4) is 0 Å². The Kier molecular flexibility index (Phi) is 36.3. The van der Waals surface area contributed by atoms with Gasteiger partial charge in [-0.05, 0) is 44.9 Å². The maximum absolute atomic E-state index is 13.0. The van der Waals surface area contributed by atoms with Crippen molar-refractivity contribution in [2.24, 2.45) is 0 Å². The van der Waals surface area contributed by atoms with E-state index >= 15 is 0 Å². The van der Waals surface area contributed by atoms with Crippen LogP contribution in [0.15, 0.2) is 24.3 Å². The minimum Gasteiger partial charge on any atom is -0.394 e. The van der Waals surface area contributed by atoms with Crippen LogP contribution in [0.4, 0.5) is 0 Å². The van der Waals surface area contributed by atoms with Gasteiger partial charge in [0.2, 0.25) is 5.91 Å². The van der Waals surface area contributed by atoms with E-state index in [-0.39, 0.29) is 18.9 Å². The van der Waals surface area contributed by atoms with Crippen molar-refractivity contribution in [1.29, 1.82) is 0 Å². The molecule has 0 aromatic carbocycles. The number of carbonyl (C=O) groups is 1. The van der Waals surface area contributed by atoms with E-state index in [1.807, 2.05) is 0 Å². The fourth-order valence-electron chi connectivity index (χ4n) is 7.70. The molecule has 0 spiro atoms. The minimum absolute atomic E-state index is 0.260. The minimum atomic E-state index is -1.61. The Bertz CT molecular complexity index is 979. The maximum Gasteiger partial charge on any atom is 0.220 e. The van der Waals surface area contributed by atoms with Crippen LogP contribution in [0.1, 0.15) is 213 Å². The highest BCUT2D eigenvalue weighted by molar-refractivity contribution is 5.76. The molecule has 1 heterocycles. The summed E-state index contributed by atoms with van der Waals surface area (Å²) in [5.41, 5.74) is 0. The molecule has 342 valence electrons. The number of carbonyl (C=O) groups excluding carboxylic acids is 1. The lowest BCUT2D eigenvalue weighted by atomic mass is 9.98. The van der Waals surface area contributed by atoms with Crippen LogP contribution in [-0.4, -0.2) is 98.7 Å². The second-order valence-corrected chi connectivity index (χ2v) is 17.0. The van der Waals surface area contributed by atoms with E-state index in [1.165, 1.54) is 128 Å². The van der Waals surface area contributed by atoms with Crippen LogP contribution in [0.5, 0.6) is 0 Å². The molecule has 1 amide bonds. The van der Waals surface area contributed by atoms with E-state index < -0.39 is 55.6 Å². The number of nitrogens with one attached hydrogen (secondary N) is 1. The van der Waals surface area contributed by atoms with Crippen LogP contribution >= 0.6 is 0 Å². The maximum atomic E-state index is 13.0. The van der Waals surface area contributed by atoms with E-state index in [0.717, 1.165) is 51.4 Å². The number of amides is 1. The highest BCUT2D eigenvalue weighted by Gasteiger charge is 2.44. The Hall–Kier alpha value is -1.37. The van der Waals surface area contributed by atoms with Crippen molar-refractivity contribution in [2.75, 3.05) is 13.2 Å². The number of allylic oxidation sites excluding steroid dienone is 4. The fraction of sp³-hybridized carbons (Fsp3) is 0.896. The molecule has 0 radical (unpaired) electrons. The molecule has 10 nitrogen and oxygen atoms in total. The van der Waals surface area contributed by atoms with Crippen LogP contribution in [0.2, 0.25) is 0 Å². The van der Waals surface area contributed by atoms with Gasteiger partial charge in [0.1, 0.15) is 30.5 Å². The fourth-order valence-corrected chi connectivity index (χ4v) is 7.70. The summed E-state index contributed by atoms with van der Waals surface area (Å²) in [4.78, 5) is 13.0. The normalized spacial score (nSPS) is 21.6. The van der Waals surface area contributed by atoms with Crippen LogP contribution in [0, 0.1) is 0 Å². The smallest absolute Gasteiger partial charge is 0.220 e. The average molecular weight is 826 g/mol.